The Hall–Kier alpha value is -1.02. The van der Waals surface area contributed by atoms with Crippen LogP contribution in [0.1, 0.15) is 26.3 Å². The zero-order valence-electron chi connectivity index (χ0n) is 10.9. The van der Waals surface area contributed by atoms with Gasteiger partial charge in [-0.2, -0.15) is 0 Å². The molecule has 16 heavy (non-hydrogen) atoms. The smallest absolute Gasteiger partial charge is 0.119 e. The van der Waals surface area contributed by atoms with Gasteiger partial charge in [0.05, 0.1) is 0 Å². The number of benzene rings is 1. The molecular formula is C14H23NO. The lowest BCUT2D eigenvalue weighted by Gasteiger charge is -2.20. The molecule has 0 aliphatic heterocycles. The van der Waals surface area contributed by atoms with Crippen LogP contribution in [0.5, 0.6) is 5.75 Å². The van der Waals surface area contributed by atoms with Gasteiger partial charge in [0.2, 0.25) is 0 Å². The van der Waals surface area contributed by atoms with Gasteiger partial charge in [-0.25, -0.2) is 0 Å². The highest BCUT2D eigenvalue weighted by Crippen LogP contribution is 2.12. The van der Waals surface area contributed by atoms with Crippen molar-refractivity contribution >= 4 is 0 Å². The van der Waals surface area contributed by atoms with Crippen molar-refractivity contribution in [3.8, 4) is 5.75 Å². The van der Waals surface area contributed by atoms with Crippen molar-refractivity contribution in [2.45, 2.75) is 33.2 Å². The first-order chi connectivity index (χ1) is 7.63. The summed E-state index contributed by atoms with van der Waals surface area (Å²) in [5.74, 6) is 0.967. The molecular weight excluding hydrogens is 198 g/mol. The number of aryl methyl sites for hydroxylation is 1. The standard InChI is InChI=1S/C14H23NO/c1-5-13-6-8-14(9-7-13)16-11-10-15(4)12(2)3/h6-9,12H,5,10-11H2,1-4H3. The zero-order valence-corrected chi connectivity index (χ0v) is 10.9. The Morgan fingerprint density at radius 2 is 1.81 bits per heavy atom. The third-order valence-electron chi connectivity index (χ3n) is 2.93. The van der Waals surface area contributed by atoms with Crippen LogP contribution in [0.2, 0.25) is 0 Å². The fraction of sp³-hybridized carbons (Fsp3) is 0.571. The maximum Gasteiger partial charge on any atom is 0.119 e. The number of ether oxygens (including phenoxy) is 1. The van der Waals surface area contributed by atoms with Crippen molar-refractivity contribution in [3.63, 3.8) is 0 Å². The predicted octanol–water partition coefficient (Wildman–Crippen LogP) is 2.97. The van der Waals surface area contributed by atoms with Crippen molar-refractivity contribution in [2.24, 2.45) is 0 Å². The Balaban J connectivity index is 2.31. The van der Waals surface area contributed by atoms with Gasteiger partial charge >= 0.3 is 0 Å². The molecule has 0 radical (unpaired) electrons. The molecule has 0 amide bonds. The van der Waals surface area contributed by atoms with Gasteiger partial charge in [-0.05, 0) is 45.0 Å². The monoisotopic (exact) mass is 221 g/mol. The van der Waals surface area contributed by atoms with E-state index >= 15 is 0 Å². The Morgan fingerprint density at radius 3 is 2.31 bits per heavy atom. The van der Waals surface area contributed by atoms with E-state index in [0.717, 1.165) is 25.3 Å². The largest absolute Gasteiger partial charge is 0.492 e. The fourth-order valence-corrected chi connectivity index (χ4v) is 1.39. The summed E-state index contributed by atoms with van der Waals surface area (Å²) in [5, 5.41) is 0. The maximum absolute atomic E-state index is 5.68. The summed E-state index contributed by atoms with van der Waals surface area (Å²) in [6.45, 7) is 8.26. The summed E-state index contributed by atoms with van der Waals surface area (Å²) in [5.41, 5.74) is 1.35. The van der Waals surface area contributed by atoms with E-state index < -0.39 is 0 Å². The van der Waals surface area contributed by atoms with Crippen LogP contribution in [0.4, 0.5) is 0 Å². The first-order valence-corrected chi connectivity index (χ1v) is 6.05. The molecule has 0 aliphatic carbocycles. The van der Waals surface area contributed by atoms with Gasteiger partial charge in [0.1, 0.15) is 12.4 Å². The molecule has 1 aromatic rings. The molecule has 0 saturated carbocycles. The summed E-state index contributed by atoms with van der Waals surface area (Å²) in [4.78, 5) is 2.28. The second-order valence-corrected chi connectivity index (χ2v) is 4.42. The van der Waals surface area contributed by atoms with Crippen LogP contribution in [0.25, 0.3) is 0 Å². The summed E-state index contributed by atoms with van der Waals surface area (Å²) in [7, 11) is 2.12. The average molecular weight is 221 g/mol. The van der Waals surface area contributed by atoms with Crippen LogP contribution < -0.4 is 4.74 Å². The van der Waals surface area contributed by atoms with Crippen molar-refractivity contribution in [2.75, 3.05) is 20.2 Å². The molecule has 0 aromatic heterocycles. The highest BCUT2D eigenvalue weighted by Gasteiger charge is 2.02. The lowest BCUT2D eigenvalue weighted by atomic mass is 10.2. The normalized spacial score (nSPS) is 11.1. The minimum atomic E-state index is 0.575. The molecule has 2 heteroatoms. The highest BCUT2D eigenvalue weighted by molar-refractivity contribution is 5.27. The van der Waals surface area contributed by atoms with E-state index in [9.17, 15) is 0 Å². The van der Waals surface area contributed by atoms with Gasteiger partial charge in [-0.1, -0.05) is 19.1 Å². The third-order valence-corrected chi connectivity index (χ3v) is 2.93. The summed E-state index contributed by atoms with van der Waals surface area (Å²) < 4.78 is 5.68. The molecule has 1 aromatic carbocycles. The molecule has 1 rings (SSSR count). The molecule has 0 spiro atoms. The van der Waals surface area contributed by atoms with E-state index in [0.29, 0.717) is 6.04 Å². The number of hydrogen-bond donors (Lipinski definition) is 0. The molecule has 90 valence electrons. The van der Waals surface area contributed by atoms with E-state index in [1.165, 1.54) is 5.56 Å². The molecule has 0 N–H and O–H groups in total. The fourth-order valence-electron chi connectivity index (χ4n) is 1.39. The van der Waals surface area contributed by atoms with E-state index in [2.05, 4.69) is 44.9 Å². The molecule has 0 unspecified atom stereocenters. The summed E-state index contributed by atoms with van der Waals surface area (Å²) >= 11 is 0. The minimum absolute atomic E-state index is 0.575. The minimum Gasteiger partial charge on any atom is -0.492 e. The molecule has 0 aliphatic rings. The highest BCUT2D eigenvalue weighted by atomic mass is 16.5. The molecule has 0 saturated heterocycles. The van der Waals surface area contributed by atoms with E-state index in [1.807, 2.05) is 12.1 Å². The topological polar surface area (TPSA) is 12.5 Å². The quantitative estimate of drug-likeness (QED) is 0.732. The van der Waals surface area contributed by atoms with Gasteiger partial charge in [-0.3, -0.25) is 0 Å². The third kappa shape index (κ3) is 4.23. The maximum atomic E-state index is 5.68. The van der Waals surface area contributed by atoms with Crippen LogP contribution in [-0.4, -0.2) is 31.1 Å². The Labute approximate surface area is 99.2 Å². The number of likely N-dealkylation sites (N-methyl/N-ethyl adjacent to an activating group) is 1. The van der Waals surface area contributed by atoms with Crippen molar-refractivity contribution in [1.29, 1.82) is 0 Å². The molecule has 0 bridgehead atoms. The molecule has 0 heterocycles. The van der Waals surface area contributed by atoms with Gasteiger partial charge in [0, 0.05) is 12.6 Å². The van der Waals surface area contributed by atoms with Gasteiger partial charge in [0.25, 0.3) is 0 Å². The number of nitrogens with zero attached hydrogens (tertiary/aromatic N) is 1. The molecule has 0 atom stereocenters. The van der Waals surface area contributed by atoms with Crippen LogP contribution in [0.3, 0.4) is 0 Å². The second kappa shape index (κ2) is 6.54. The Morgan fingerprint density at radius 1 is 1.19 bits per heavy atom. The average Bonchev–Trinajstić information content (AvgIpc) is 2.29. The predicted molar refractivity (Wildman–Crippen MR) is 69.1 cm³/mol. The Kier molecular flexibility index (Phi) is 5.33. The van der Waals surface area contributed by atoms with E-state index in [1.54, 1.807) is 0 Å². The van der Waals surface area contributed by atoms with Crippen molar-refractivity contribution in [1.82, 2.24) is 4.90 Å². The SMILES string of the molecule is CCc1ccc(OCCN(C)C(C)C)cc1. The van der Waals surface area contributed by atoms with Crippen molar-refractivity contribution in [3.05, 3.63) is 29.8 Å². The number of hydrogen-bond acceptors (Lipinski definition) is 2. The van der Waals surface area contributed by atoms with Crippen molar-refractivity contribution < 1.29 is 4.74 Å². The Bertz CT molecular complexity index is 292. The van der Waals surface area contributed by atoms with Gasteiger partial charge in [0.15, 0.2) is 0 Å². The summed E-state index contributed by atoms with van der Waals surface area (Å²) in [6.07, 6.45) is 1.08. The van der Waals surface area contributed by atoms with Crippen LogP contribution in [0, 0.1) is 0 Å². The van der Waals surface area contributed by atoms with Gasteiger partial charge < -0.3 is 9.64 Å². The second-order valence-electron chi connectivity index (χ2n) is 4.42. The number of rotatable bonds is 6. The lowest BCUT2D eigenvalue weighted by Crippen LogP contribution is -2.30. The van der Waals surface area contributed by atoms with Crippen LogP contribution in [-0.2, 0) is 6.42 Å². The molecule has 2 nitrogen and oxygen atoms in total. The van der Waals surface area contributed by atoms with E-state index in [-0.39, 0.29) is 0 Å². The van der Waals surface area contributed by atoms with Crippen LogP contribution >= 0.6 is 0 Å². The first kappa shape index (κ1) is 13.0. The summed E-state index contributed by atoms with van der Waals surface area (Å²) in [6, 6.07) is 8.93. The lowest BCUT2D eigenvalue weighted by molar-refractivity contribution is 0.208. The molecule has 0 fully saturated rings. The van der Waals surface area contributed by atoms with Crippen LogP contribution in [0.15, 0.2) is 24.3 Å². The van der Waals surface area contributed by atoms with E-state index in [4.69, 9.17) is 4.74 Å². The zero-order chi connectivity index (χ0) is 12.0. The first-order valence-electron chi connectivity index (χ1n) is 6.05. The van der Waals surface area contributed by atoms with Gasteiger partial charge in [-0.15, -0.1) is 0 Å².